The molecule has 1 aromatic heterocycles. The summed E-state index contributed by atoms with van der Waals surface area (Å²) in [6.07, 6.45) is 4.54. The molecule has 0 spiro atoms. The van der Waals surface area contributed by atoms with Gasteiger partial charge in [0.15, 0.2) is 5.82 Å². The van der Waals surface area contributed by atoms with Gasteiger partial charge in [0.05, 0.1) is 12.4 Å². The fourth-order valence-electron chi connectivity index (χ4n) is 1.96. The van der Waals surface area contributed by atoms with E-state index in [-0.39, 0.29) is 0 Å². The number of anilines is 3. The third kappa shape index (κ3) is 3.95. The first kappa shape index (κ1) is 13.3. The second-order valence-electron chi connectivity index (χ2n) is 4.72. The Morgan fingerprint density at radius 3 is 2.37 bits per heavy atom. The number of nitrogens with zero attached hydrogens (tertiary/aromatic N) is 2. The first-order chi connectivity index (χ1) is 9.17. The lowest BCUT2D eigenvalue weighted by Gasteiger charge is -2.09. The molecule has 0 aliphatic heterocycles. The molecular weight excluding hydrogens is 236 g/mol. The van der Waals surface area contributed by atoms with Crippen LogP contribution >= 0.6 is 0 Å². The van der Waals surface area contributed by atoms with Crippen molar-refractivity contribution in [1.29, 1.82) is 0 Å². The van der Waals surface area contributed by atoms with Gasteiger partial charge in [-0.05, 0) is 43.5 Å². The van der Waals surface area contributed by atoms with Crippen LogP contribution in [0.5, 0.6) is 0 Å². The van der Waals surface area contributed by atoms with Crippen LogP contribution in [0.1, 0.15) is 24.5 Å². The van der Waals surface area contributed by atoms with Gasteiger partial charge in [0, 0.05) is 12.2 Å². The minimum Gasteiger partial charge on any atom is -0.369 e. The summed E-state index contributed by atoms with van der Waals surface area (Å²) in [6, 6.07) is 6.34. The molecule has 0 unspecified atom stereocenters. The highest BCUT2D eigenvalue weighted by molar-refractivity contribution is 5.58. The van der Waals surface area contributed by atoms with Crippen molar-refractivity contribution in [3.63, 3.8) is 0 Å². The van der Waals surface area contributed by atoms with Crippen LogP contribution in [0.2, 0.25) is 0 Å². The summed E-state index contributed by atoms with van der Waals surface area (Å²) in [5.74, 6) is 1.56. The third-order valence-corrected chi connectivity index (χ3v) is 2.68. The first-order valence-corrected chi connectivity index (χ1v) is 6.58. The molecule has 0 amide bonds. The predicted octanol–water partition coefficient (Wildman–Crippen LogP) is 3.66. The fourth-order valence-corrected chi connectivity index (χ4v) is 1.96. The largest absolute Gasteiger partial charge is 0.369 e. The maximum atomic E-state index is 4.48. The van der Waals surface area contributed by atoms with Crippen molar-refractivity contribution < 1.29 is 0 Å². The Hall–Kier alpha value is -2.10. The summed E-state index contributed by atoms with van der Waals surface area (Å²) in [4.78, 5) is 8.67. The lowest BCUT2D eigenvalue weighted by Crippen LogP contribution is -2.04. The quantitative estimate of drug-likeness (QED) is 0.857. The summed E-state index contributed by atoms with van der Waals surface area (Å²) in [6.45, 7) is 7.20. The van der Waals surface area contributed by atoms with Gasteiger partial charge in [-0.25, -0.2) is 4.98 Å². The van der Waals surface area contributed by atoms with E-state index < -0.39 is 0 Å². The van der Waals surface area contributed by atoms with E-state index in [1.807, 2.05) is 0 Å². The predicted molar refractivity (Wildman–Crippen MR) is 80.0 cm³/mol. The van der Waals surface area contributed by atoms with E-state index in [4.69, 9.17) is 0 Å². The van der Waals surface area contributed by atoms with Crippen molar-refractivity contribution in [3.05, 3.63) is 41.7 Å². The molecule has 0 saturated heterocycles. The molecule has 0 saturated carbocycles. The summed E-state index contributed by atoms with van der Waals surface area (Å²) in [5.41, 5.74) is 3.51. The van der Waals surface area contributed by atoms with Gasteiger partial charge in [-0.3, -0.25) is 4.98 Å². The van der Waals surface area contributed by atoms with Gasteiger partial charge < -0.3 is 10.6 Å². The summed E-state index contributed by atoms with van der Waals surface area (Å²) >= 11 is 0. The Balaban J connectivity index is 2.13. The minimum absolute atomic E-state index is 0.756. The Morgan fingerprint density at radius 2 is 1.68 bits per heavy atom. The SMILES string of the molecule is CCCNc1cncc(Nc2cc(C)cc(C)c2)n1. The van der Waals surface area contributed by atoms with Gasteiger partial charge >= 0.3 is 0 Å². The molecule has 0 aliphatic rings. The minimum atomic E-state index is 0.756. The van der Waals surface area contributed by atoms with E-state index in [1.54, 1.807) is 12.4 Å². The summed E-state index contributed by atoms with van der Waals surface area (Å²) < 4.78 is 0. The zero-order valence-electron chi connectivity index (χ0n) is 11.7. The normalized spacial score (nSPS) is 10.3. The lowest BCUT2D eigenvalue weighted by molar-refractivity contribution is 0.965. The molecule has 2 N–H and O–H groups in total. The molecule has 0 fully saturated rings. The van der Waals surface area contributed by atoms with Crippen molar-refractivity contribution in [2.24, 2.45) is 0 Å². The zero-order valence-corrected chi connectivity index (χ0v) is 11.7. The van der Waals surface area contributed by atoms with E-state index >= 15 is 0 Å². The number of aromatic nitrogens is 2. The molecule has 2 aromatic rings. The Bertz CT molecular complexity index is 531. The van der Waals surface area contributed by atoms with Crippen LogP contribution in [0.3, 0.4) is 0 Å². The molecule has 2 rings (SSSR count). The molecular formula is C15H20N4. The van der Waals surface area contributed by atoms with Gasteiger partial charge in [0.2, 0.25) is 0 Å². The number of nitrogens with one attached hydrogen (secondary N) is 2. The smallest absolute Gasteiger partial charge is 0.151 e. The number of rotatable bonds is 5. The zero-order chi connectivity index (χ0) is 13.7. The van der Waals surface area contributed by atoms with Crippen LogP contribution in [0.25, 0.3) is 0 Å². The van der Waals surface area contributed by atoms with Gasteiger partial charge in [-0.2, -0.15) is 0 Å². The molecule has 1 aromatic carbocycles. The van der Waals surface area contributed by atoms with Crippen LogP contribution < -0.4 is 10.6 Å². The highest BCUT2D eigenvalue weighted by Gasteiger charge is 2.00. The van der Waals surface area contributed by atoms with Crippen molar-refractivity contribution in [1.82, 2.24) is 9.97 Å². The second kappa shape index (κ2) is 6.18. The van der Waals surface area contributed by atoms with Crippen LogP contribution in [0, 0.1) is 13.8 Å². The number of benzene rings is 1. The monoisotopic (exact) mass is 256 g/mol. The molecule has 0 atom stereocenters. The maximum absolute atomic E-state index is 4.48. The Labute approximate surface area is 114 Å². The molecule has 100 valence electrons. The van der Waals surface area contributed by atoms with Crippen molar-refractivity contribution >= 4 is 17.3 Å². The maximum Gasteiger partial charge on any atom is 0.151 e. The summed E-state index contributed by atoms with van der Waals surface area (Å²) in [7, 11) is 0. The highest BCUT2D eigenvalue weighted by atomic mass is 15.1. The van der Waals surface area contributed by atoms with Crippen LogP contribution in [0.15, 0.2) is 30.6 Å². The van der Waals surface area contributed by atoms with Crippen molar-refractivity contribution in [2.75, 3.05) is 17.2 Å². The van der Waals surface area contributed by atoms with E-state index in [1.165, 1.54) is 11.1 Å². The van der Waals surface area contributed by atoms with Crippen LogP contribution in [-0.2, 0) is 0 Å². The molecule has 0 aliphatic carbocycles. The number of hydrogen-bond donors (Lipinski definition) is 2. The van der Waals surface area contributed by atoms with Gasteiger partial charge in [0.25, 0.3) is 0 Å². The molecule has 0 bridgehead atoms. The highest BCUT2D eigenvalue weighted by Crippen LogP contribution is 2.18. The summed E-state index contributed by atoms with van der Waals surface area (Å²) in [5, 5.41) is 6.52. The van der Waals surface area contributed by atoms with E-state index in [2.05, 4.69) is 59.6 Å². The second-order valence-corrected chi connectivity index (χ2v) is 4.72. The number of aryl methyl sites for hydroxylation is 2. The fraction of sp³-hybridized carbons (Fsp3) is 0.333. The molecule has 4 heteroatoms. The van der Waals surface area contributed by atoms with E-state index in [9.17, 15) is 0 Å². The average Bonchev–Trinajstić information content (AvgIpc) is 2.35. The van der Waals surface area contributed by atoms with Crippen molar-refractivity contribution in [3.8, 4) is 0 Å². The average molecular weight is 256 g/mol. The van der Waals surface area contributed by atoms with Gasteiger partial charge in [0.1, 0.15) is 5.82 Å². The number of hydrogen-bond acceptors (Lipinski definition) is 4. The van der Waals surface area contributed by atoms with Crippen LogP contribution in [-0.4, -0.2) is 16.5 Å². The van der Waals surface area contributed by atoms with Gasteiger partial charge in [-0.1, -0.05) is 13.0 Å². The standard InChI is InChI=1S/C15H20N4/c1-4-5-17-14-9-16-10-15(19-14)18-13-7-11(2)6-12(3)8-13/h6-10H,4-5H2,1-3H3,(H2,17,18,19). The first-order valence-electron chi connectivity index (χ1n) is 6.58. The van der Waals surface area contributed by atoms with Gasteiger partial charge in [-0.15, -0.1) is 0 Å². The van der Waals surface area contributed by atoms with Crippen LogP contribution in [0.4, 0.5) is 17.3 Å². The molecule has 0 radical (unpaired) electrons. The Morgan fingerprint density at radius 1 is 1.00 bits per heavy atom. The van der Waals surface area contributed by atoms with E-state index in [0.29, 0.717) is 0 Å². The molecule has 1 heterocycles. The molecule has 19 heavy (non-hydrogen) atoms. The topological polar surface area (TPSA) is 49.8 Å². The van der Waals surface area contributed by atoms with Crippen molar-refractivity contribution in [2.45, 2.75) is 27.2 Å². The van der Waals surface area contributed by atoms with E-state index in [0.717, 1.165) is 30.3 Å². The lowest BCUT2D eigenvalue weighted by atomic mass is 10.1. The Kier molecular flexibility index (Phi) is 4.34. The molecule has 4 nitrogen and oxygen atoms in total. The third-order valence-electron chi connectivity index (χ3n) is 2.68.